The molecule has 0 amide bonds. The van der Waals surface area contributed by atoms with E-state index in [0.717, 1.165) is 19.4 Å². The van der Waals surface area contributed by atoms with Crippen molar-refractivity contribution in [3.63, 3.8) is 0 Å². The van der Waals surface area contributed by atoms with Crippen molar-refractivity contribution in [2.75, 3.05) is 13.6 Å². The van der Waals surface area contributed by atoms with Crippen LogP contribution >= 0.6 is 23.2 Å². The third kappa shape index (κ3) is 3.75. The van der Waals surface area contributed by atoms with Crippen molar-refractivity contribution < 1.29 is 0 Å². The number of fused-ring (bicyclic) bond motifs is 1. The Morgan fingerprint density at radius 2 is 1.71 bits per heavy atom. The van der Waals surface area contributed by atoms with E-state index in [9.17, 15) is 0 Å². The van der Waals surface area contributed by atoms with Crippen molar-refractivity contribution in [2.45, 2.75) is 18.8 Å². The maximum absolute atomic E-state index is 6.28. The Bertz CT molecular complexity index is 824. The van der Waals surface area contributed by atoms with Crippen molar-refractivity contribution >= 4 is 34.0 Å². The van der Waals surface area contributed by atoms with Crippen molar-refractivity contribution in [2.24, 2.45) is 0 Å². The lowest BCUT2D eigenvalue weighted by molar-refractivity contribution is 0.631. The van der Waals surface area contributed by atoms with Gasteiger partial charge in [-0.15, -0.1) is 0 Å². The Labute approximate surface area is 153 Å². The zero-order chi connectivity index (χ0) is 16.9. The van der Waals surface area contributed by atoms with Crippen molar-refractivity contribution in [1.82, 2.24) is 5.32 Å². The highest BCUT2D eigenvalue weighted by molar-refractivity contribution is 6.42. The van der Waals surface area contributed by atoms with Gasteiger partial charge in [0.15, 0.2) is 0 Å². The minimum absolute atomic E-state index is 0.305. The summed E-state index contributed by atoms with van der Waals surface area (Å²) >= 11 is 12.4. The van der Waals surface area contributed by atoms with Gasteiger partial charge in [0.2, 0.25) is 0 Å². The van der Waals surface area contributed by atoms with Gasteiger partial charge < -0.3 is 5.32 Å². The van der Waals surface area contributed by atoms with E-state index in [-0.39, 0.29) is 0 Å². The van der Waals surface area contributed by atoms with Gasteiger partial charge in [-0.3, -0.25) is 0 Å². The van der Waals surface area contributed by atoms with Crippen LogP contribution in [0, 0.1) is 0 Å². The predicted molar refractivity (Wildman–Crippen MR) is 105 cm³/mol. The quantitative estimate of drug-likeness (QED) is 0.512. The van der Waals surface area contributed by atoms with Crippen LogP contribution in [0.3, 0.4) is 0 Å². The van der Waals surface area contributed by atoms with Gasteiger partial charge in [-0.2, -0.15) is 0 Å². The highest BCUT2D eigenvalue weighted by Gasteiger charge is 2.17. The third-order valence-corrected chi connectivity index (χ3v) is 5.20. The molecule has 0 radical (unpaired) electrons. The summed E-state index contributed by atoms with van der Waals surface area (Å²) in [5.74, 6) is 0.305. The lowest BCUT2D eigenvalue weighted by atomic mass is 9.85. The van der Waals surface area contributed by atoms with Crippen molar-refractivity contribution in [3.05, 3.63) is 81.8 Å². The Balaban J connectivity index is 2.07. The van der Waals surface area contributed by atoms with Crippen molar-refractivity contribution in [1.29, 1.82) is 0 Å². The van der Waals surface area contributed by atoms with E-state index in [2.05, 4.69) is 53.8 Å². The Morgan fingerprint density at radius 3 is 2.50 bits per heavy atom. The van der Waals surface area contributed by atoms with Crippen LogP contribution in [-0.2, 0) is 0 Å². The second-order valence-corrected chi connectivity index (χ2v) is 6.85. The fourth-order valence-electron chi connectivity index (χ4n) is 3.27. The van der Waals surface area contributed by atoms with Gasteiger partial charge in [0, 0.05) is 5.92 Å². The van der Waals surface area contributed by atoms with Crippen LogP contribution in [0.1, 0.15) is 29.9 Å². The number of rotatable bonds is 6. The lowest BCUT2D eigenvalue weighted by Gasteiger charge is -2.20. The normalized spacial score (nSPS) is 12.5. The van der Waals surface area contributed by atoms with Gasteiger partial charge in [0.05, 0.1) is 10.0 Å². The standard InChI is InChI=1S/C21H21Cl2N/c1-24-13-5-10-18(16-11-12-20(22)21(23)14-16)19-9-4-7-15-6-2-3-8-17(15)19/h2-4,6-9,11-12,14,18,24H,5,10,13H2,1H3/t18-/m0/s1. The van der Waals surface area contributed by atoms with Gasteiger partial charge in [-0.1, -0.05) is 71.7 Å². The maximum atomic E-state index is 6.28. The molecule has 1 N–H and O–H groups in total. The number of hydrogen-bond acceptors (Lipinski definition) is 1. The molecule has 3 aromatic carbocycles. The molecule has 0 fully saturated rings. The van der Waals surface area contributed by atoms with Gasteiger partial charge >= 0.3 is 0 Å². The topological polar surface area (TPSA) is 12.0 Å². The summed E-state index contributed by atoms with van der Waals surface area (Å²) in [5.41, 5.74) is 2.57. The minimum Gasteiger partial charge on any atom is -0.320 e. The molecular formula is C21H21Cl2N. The Kier molecular flexibility index (Phi) is 5.78. The molecule has 0 unspecified atom stereocenters. The molecule has 0 aliphatic rings. The monoisotopic (exact) mass is 357 g/mol. The molecule has 0 saturated carbocycles. The molecule has 0 aliphatic carbocycles. The maximum Gasteiger partial charge on any atom is 0.0595 e. The first-order valence-electron chi connectivity index (χ1n) is 8.28. The van der Waals surface area contributed by atoms with Crippen molar-refractivity contribution in [3.8, 4) is 0 Å². The summed E-state index contributed by atoms with van der Waals surface area (Å²) in [7, 11) is 1.99. The molecule has 3 heteroatoms. The SMILES string of the molecule is CNCCC[C@@H](c1ccc(Cl)c(Cl)c1)c1cccc2ccccc12. The highest BCUT2D eigenvalue weighted by atomic mass is 35.5. The minimum atomic E-state index is 0.305. The van der Waals surface area contributed by atoms with E-state index in [0.29, 0.717) is 16.0 Å². The van der Waals surface area contributed by atoms with Crippen LogP contribution in [0.15, 0.2) is 60.7 Å². The molecule has 0 aromatic heterocycles. The molecule has 3 aromatic rings. The molecule has 0 heterocycles. The average Bonchev–Trinajstić information content (AvgIpc) is 2.61. The second-order valence-electron chi connectivity index (χ2n) is 6.04. The van der Waals surface area contributed by atoms with Gasteiger partial charge in [0.25, 0.3) is 0 Å². The fraction of sp³-hybridized carbons (Fsp3) is 0.238. The van der Waals surface area contributed by atoms with E-state index in [1.54, 1.807) is 0 Å². The van der Waals surface area contributed by atoms with E-state index >= 15 is 0 Å². The van der Waals surface area contributed by atoms with Gasteiger partial charge in [-0.05, 0) is 60.5 Å². The first-order valence-corrected chi connectivity index (χ1v) is 9.03. The molecule has 124 valence electrons. The molecule has 0 saturated heterocycles. The molecular weight excluding hydrogens is 337 g/mol. The summed E-state index contributed by atoms with van der Waals surface area (Å²) in [6.45, 7) is 1.00. The first kappa shape index (κ1) is 17.3. The molecule has 0 spiro atoms. The van der Waals surface area contributed by atoms with Crippen LogP contribution in [0.5, 0.6) is 0 Å². The molecule has 1 atom stereocenters. The summed E-state index contributed by atoms with van der Waals surface area (Å²) in [5, 5.41) is 7.04. The molecule has 1 nitrogen and oxygen atoms in total. The second kappa shape index (κ2) is 8.02. The van der Waals surface area contributed by atoms with Crippen LogP contribution < -0.4 is 5.32 Å². The van der Waals surface area contributed by atoms with Gasteiger partial charge in [-0.25, -0.2) is 0 Å². The largest absolute Gasteiger partial charge is 0.320 e. The predicted octanol–water partition coefficient (Wildman–Crippen LogP) is 6.28. The zero-order valence-corrected chi connectivity index (χ0v) is 15.2. The summed E-state index contributed by atoms with van der Waals surface area (Å²) < 4.78 is 0. The number of hydrogen-bond donors (Lipinski definition) is 1. The van der Waals surface area contributed by atoms with Crippen LogP contribution in [-0.4, -0.2) is 13.6 Å². The summed E-state index contributed by atoms with van der Waals surface area (Å²) in [4.78, 5) is 0. The molecule has 24 heavy (non-hydrogen) atoms. The highest BCUT2D eigenvalue weighted by Crippen LogP contribution is 2.36. The Hall–Kier alpha value is -1.54. The molecule has 0 aliphatic heterocycles. The van der Waals surface area contributed by atoms with Crippen LogP contribution in [0.2, 0.25) is 10.0 Å². The molecule has 3 rings (SSSR count). The summed E-state index contributed by atoms with van der Waals surface area (Å²) in [6.07, 6.45) is 2.16. The lowest BCUT2D eigenvalue weighted by Crippen LogP contribution is -2.10. The number of nitrogens with one attached hydrogen (secondary N) is 1. The average molecular weight is 358 g/mol. The first-order chi connectivity index (χ1) is 11.7. The van der Waals surface area contributed by atoms with E-state index < -0.39 is 0 Å². The third-order valence-electron chi connectivity index (χ3n) is 4.46. The van der Waals surface area contributed by atoms with Crippen LogP contribution in [0.25, 0.3) is 10.8 Å². The zero-order valence-electron chi connectivity index (χ0n) is 13.7. The number of halogens is 2. The smallest absolute Gasteiger partial charge is 0.0595 e. The Morgan fingerprint density at radius 1 is 0.917 bits per heavy atom. The summed E-state index contributed by atoms with van der Waals surface area (Å²) in [6, 6.07) is 21.1. The van der Waals surface area contributed by atoms with E-state index in [1.165, 1.54) is 21.9 Å². The van der Waals surface area contributed by atoms with Crippen LogP contribution in [0.4, 0.5) is 0 Å². The van der Waals surface area contributed by atoms with E-state index in [4.69, 9.17) is 23.2 Å². The molecule has 0 bridgehead atoms. The van der Waals surface area contributed by atoms with Gasteiger partial charge in [0.1, 0.15) is 0 Å². The number of benzene rings is 3. The van der Waals surface area contributed by atoms with E-state index in [1.807, 2.05) is 19.2 Å². The fourth-order valence-corrected chi connectivity index (χ4v) is 3.57.